The van der Waals surface area contributed by atoms with E-state index in [1.165, 1.54) is 0 Å². The molecule has 29 heavy (non-hydrogen) atoms. The van der Waals surface area contributed by atoms with Crippen LogP contribution in [0.1, 0.15) is 25.2 Å². The molecule has 0 amide bonds. The zero-order chi connectivity index (χ0) is 20.0. The van der Waals surface area contributed by atoms with E-state index in [9.17, 15) is 0 Å². The molecule has 1 fully saturated rings. The molecule has 4 heterocycles. The number of nitrogens with zero attached hydrogens (tertiary/aromatic N) is 5. The normalized spacial score (nSPS) is 18.4. The molecule has 0 unspecified atom stereocenters. The Labute approximate surface area is 168 Å². The molecule has 2 aromatic heterocycles. The Morgan fingerprint density at radius 2 is 1.76 bits per heavy atom. The van der Waals surface area contributed by atoms with Crippen LogP contribution in [0.4, 0.5) is 5.82 Å². The smallest absolute Gasteiger partial charge is 0.308 e. The fourth-order valence-electron chi connectivity index (χ4n) is 3.94. The van der Waals surface area contributed by atoms with Crippen molar-refractivity contribution in [2.24, 2.45) is 0 Å². The molecule has 3 aromatic rings. The lowest BCUT2D eigenvalue weighted by atomic mass is 10.1. The fourth-order valence-corrected chi connectivity index (χ4v) is 3.94. The van der Waals surface area contributed by atoms with Crippen molar-refractivity contribution >= 4 is 17.0 Å². The summed E-state index contributed by atoms with van der Waals surface area (Å²) in [6.07, 6.45) is 0. The summed E-state index contributed by atoms with van der Waals surface area (Å²) >= 11 is 0. The number of ether oxygens (including phenoxy) is 2. The van der Waals surface area contributed by atoms with Gasteiger partial charge in [0, 0.05) is 25.2 Å². The van der Waals surface area contributed by atoms with Crippen molar-refractivity contribution < 1.29 is 14.7 Å². The Morgan fingerprint density at radius 1 is 1.00 bits per heavy atom. The van der Waals surface area contributed by atoms with E-state index in [1.54, 1.807) is 0 Å². The molecule has 0 aliphatic carbocycles. The molecule has 8 heteroatoms. The Bertz CT molecular complexity index is 1110. The highest BCUT2D eigenvalue weighted by Gasteiger charge is 2.34. The Hall–Kier alpha value is -3.02. The van der Waals surface area contributed by atoms with Crippen molar-refractivity contribution in [3.8, 4) is 17.5 Å². The molecule has 2 aliphatic heterocycles. The summed E-state index contributed by atoms with van der Waals surface area (Å²) in [6.45, 7) is 8.32. The minimum Gasteiger partial charge on any atom is -0.378 e. The number of aromatic nitrogens is 4. The van der Waals surface area contributed by atoms with Gasteiger partial charge in [-0.2, -0.15) is 0 Å². The third-order valence-electron chi connectivity index (χ3n) is 5.49. The third-order valence-corrected chi connectivity index (χ3v) is 5.49. The van der Waals surface area contributed by atoms with E-state index in [0.29, 0.717) is 25.6 Å². The van der Waals surface area contributed by atoms with Gasteiger partial charge in [0.2, 0.25) is 0 Å². The quantitative estimate of drug-likeness (QED) is 0.692. The molecular formula is C21H23N6O2+. The summed E-state index contributed by atoms with van der Waals surface area (Å²) in [5, 5.41) is 7.29. The number of fused-ring (bicyclic) bond motifs is 3. The topological polar surface area (TPSA) is 89.1 Å². The predicted octanol–water partition coefficient (Wildman–Crippen LogP) is 0.716. The summed E-state index contributed by atoms with van der Waals surface area (Å²) in [5.74, 6) is 2.38. The first kappa shape index (κ1) is 18.0. The molecule has 0 atom stereocenters. The first-order valence-corrected chi connectivity index (χ1v) is 9.85. The van der Waals surface area contributed by atoms with E-state index in [1.807, 2.05) is 38.1 Å². The van der Waals surface area contributed by atoms with E-state index >= 15 is 0 Å². The predicted molar refractivity (Wildman–Crippen MR) is 107 cm³/mol. The maximum atomic E-state index is 7.29. The summed E-state index contributed by atoms with van der Waals surface area (Å²) < 4.78 is 13.7. The second-order valence-corrected chi connectivity index (χ2v) is 7.79. The SMILES string of the molecule is CC1(C)OCCn2c1nc1c(N3CCOCC3)nc(-c3ccc(C#[NH+])cc3)nc12. The summed E-state index contributed by atoms with van der Waals surface area (Å²) in [6, 6.07) is 9.98. The van der Waals surface area contributed by atoms with Gasteiger partial charge >= 0.3 is 6.07 Å². The number of hydrogen-bond acceptors (Lipinski definition) is 6. The van der Waals surface area contributed by atoms with Gasteiger partial charge < -0.3 is 18.9 Å². The van der Waals surface area contributed by atoms with Crippen LogP contribution in [0.15, 0.2) is 24.3 Å². The number of nitrogens with one attached hydrogen (secondary N) is 1. The lowest BCUT2D eigenvalue weighted by molar-refractivity contribution is -0.0909. The second kappa shape index (κ2) is 6.79. The lowest BCUT2D eigenvalue weighted by Crippen LogP contribution is -2.37. The zero-order valence-corrected chi connectivity index (χ0v) is 16.6. The average Bonchev–Trinajstić information content (AvgIpc) is 3.14. The summed E-state index contributed by atoms with van der Waals surface area (Å²) in [5.41, 5.74) is 2.81. The highest BCUT2D eigenvalue weighted by atomic mass is 16.5. The molecule has 8 nitrogen and oxygen atoms in total. The van der Waals surface area contributed by atoms with Crippen molar-refractivity contribution in [1.29, 1.82) is 0 Å². The standard InChI is InChI=1S/C21H22N6O2/c1-21(2)20-23-16-18(26-7-10-28-11-8-26)24-17(15-5-3-14(13-22)4-6-15)25-19(16)27(20)9-12-29-21/h3-6H,7-12H2,1-2H3/p+1. The molecule has 2 aliphatic rings. The van der Waals surface area contributed by atoms with Gasteiger partial charge in [-0.25, -0.2) is 15.0 Å². The molecule has 5 rings (SSSR count). The van der Waals surface area contributed by atoms with Crippen LogP contribution in [0, 0.1) is 6.07 Å². The molecular weight excluding hydrogens is 368 g/mol. The van der Waals surface area contributed by atoms with Crippen LogP contribution in [0.25, 0.3) is 22.6 Å². The monoisotopic (exact) mass is 391 g/mol. The largest absolute Gasteiger partial charge is 0.378 e. The minimum absolute atomic E-state index is 0.469. The van der Waals surface area contributed by atoms with E-state index in [4.69, 9.17) is 29.7 Å². The molecule has 0 radical (unpaired) electrons. The minimum atomic E-state index is -0.469. The summed E-state index contributed by atoms with van der Waals surface area (Å²) in [4.78, 5) is 17.0. The molecule has 0 spiro atoms. The number of imidazole rings is 1. The van der Waals surface area contributed by atoms with E-state index in [-0.39, 0.29) is 0 Å². The van der Waals surface area contributed by atoms with Crippen LogP contribution in [0.5, 0.6) is 0 Å². The third kappa shape index (κ3) is 3.03. The van der Waals surface area contributed by atoms with Crippen molar-refractivity contribution in [3.05, 3.63) is 35.7 Å². The molecule has 1 aromatic carbocycles. The highest BCUT2D eigenvalue weighted by molar-refractivity contribution is 5.86. The van der Waals surface area contributed by atoms with Crippen LogP contribution >= 0.6 is 0 Å². The Kier molecular flexibility index (Phi) is 4.23. The number of benzene rings is 1. The Balaban J connectivity index is 1.73. The van der Waals surface area contributed by atoms with Gasteiger partial charge in [0.1, 0.15) is 17.0 Å². The van der Waals surface area contributed by atoms with Gasteiger partial charge in [0.05, 0.1) is 19.8 Å². The molecule has 0 bridgehead atoms. The van der Waals surface area contributed by atoms with E-state index in [0.717, 1.165) is 53.6 Å². The number of morpholine rings is 1. The molecule has 1 saturated heterocycles. The summed E-state index contributed by atoms with van der Waals surface area (Å²) in [7, 11) is 0. The van der Waals surface area contributed by atoms with Crippen molar-refractivity contribution in [3.63, 3.8) is 0 Å². The molecule has 1 N–H and O–H groups in total. The van der Waals surface area contributed by atoms with Crippen molar-refractivity contribution in [1.82, 2.24) is 19.5 Å². The maximum Gasteiger partial charge on any atom is 0.308 e. The molecule has 0 saturated carbocycles. The number of anilines is 1. The van der Waals surface area contributed by atoms with Gasteiger partial charge in [-0.15, -0.1) is 0 Å². The van der Waals surface area contributed by atoms with Crippen LogP contribution in [0.3, 0.4) is 0 Å². The van der Waals surface area contributed by atoms with Crippen LogP contribution in [-0.4, -0.2) is 52.4 Å². The first-order chi connectivity index (χ1) is 14.1. The maximum absolute atomic E-state index is 7.29. The van der Waals surface area contributed by atoms with Crippen LogP contribution < -0.4 is 10.2 Å². The van der Waals surface area contributed by atoms with Crippen LogP contribution in [0.2, 0.25) is 0 Å². The zero-order valence-electron chi connectivity index (χ0n) is 16.6. The van der Waals surface area contributed by atoms with Gasteiger partial charge in [-0.3, -0.25) is 0 Å². The van der Waals surface area contributed by atoms with Crippen LogP contribution in [-0.2, 0) is 21.6 Å². The van der Waals surface area contributed by atoms with Gasteiger partial charge in [-0.05, 0) is 38.1 Å². The second-order valence-electron chi connectivity index (χ2n) is 7.79. The number of rotatable bonds is 2. The fraction of sp³-hybridized carbons (Fsp3) is 0.429. The van der Waals surface area contributed by atoms with Crippen molar-refractivity contribution in [2.45, 2.75) is 26.0 Å². The number of hydrogen-bond donors (Lipinski definition) is 1. The molecule has 148 valence electrons. The van der Waals surface area contributed by atoms with Gasteiger partial charge in [0.15, 0.2) is 22.8 Å². The van der Waals surface area contributed by atoms with E-state index < -0.39 is 5.60 Å². The lowest BCUT2D eigenvalue weighted by Gasteiger charge is -2.30. The van der Waals surface area contributed by atoms with Gasteiger partial charge in [-0.1, -0.05) is 5.26 Å². The first-order valence-electron chi connectivity index (χ1n) is 9.85. The van der Waals surface area contributed by atoms with Gasteiger partial charge in [0.25, 0.3) is 0 Å². The average molecular weight is 391 g/mol. The highest BCUT2D eigenvalue weighted by Crippen LogP contribution is 2.35. The van der Waals surface area contributed by atoms with E-state index in [2.05, 4.69) is 15.5 Å². The van der Waals surface area contributed by atoms with Crippen molar-refractivity contribution in [2.75, 3.05) is 37.8 Å². The Morgan fingerprint density at radius 3 is 2.48 bits per heavy atom.